The summed E-state index contributed by atoms with van der Waals surface area (Å²) in [6.07, 6.45) is 0. The van der Waals surface area contributed by atoms with E-state index in [1.165, 1.54) is 11.5 Å². The van der Waals surface area contributed by atoms with Crippen LogP contribution >= 0.6 is 11.5 Å². The average molecular weight is 332 g/mol. The number of aromatic nitrogens is 2. The Labute approximate surface area is 141 Å². The molecule has 5 nitrogen and oxygen atoms in total. The third-order valence-corrected chi connectivity index (χ3v) is 4.82. The Hall–Kier alpha value is -1.66. The molecule has 0 amide bonds. The molecule has 3 rings (SSSR count). The number of piperazine rings is 1. The fourth-order valence-electron chi connectivity index (χ4n) is 2.66. The molecule has 1 saturated heterocycles. The lowest BCUT2D eigenvalue weighted by Gasteiger charge is -2.34. The van der Waals surface area contributed by atoms with Crippen molar-refractivity contribution in [1.82, 2.24) is 14.3 Å². The molecule has 1 aliphatic rings. The van der Waals surface area contributed by atoms with Crippen LogP contribution in [0.15, 0.2) is 24.3 Å². The van der Waals surface area contributed by atoms with Gasteiger partial charge in [0.25, 0.3) is 0 Å². The van der Waals surface area contributed by atoms with Gasteiger partial charge in [-0.05, 0) is 17.7 Å². The van der Waals surface area contributed by atoms with Crippen molar-refractivity contribution in [2.75, 3.05) is 31.1 Å². The van der Waals surface area contributed by atoms with Crippen LogP contribution in [-0.4, -0.2) is 45.5 Å². The highest BCUT2D eigenvalue weighted by Crippen LogP contribution is 2.26. The van der Waals surface area contributed by atoms with Crippen LogP contribution in [0.25, 0.3) is 0 Å². The van der Waals surface area contributed by atoms with E-state index in [0.29, 0.717) is 5.75 Å². The second kappa shape index (κ2) is 6.45. The zero-order valence-corrected chi connectivity index (χ0v) is 14.8. The van der Waals surface area contributed by atoms with Crippen molar-refractivity contribution in [3.05, 3.63) is 35.7 Å². The quantitative estimate of drug-likeness (QED) is 0.937. The lowest BCUT2D eigenvalue weighted by molar-refractivity contribution is 0.249. The molecule has 0 bridgehead atoms. The smallest absolute Gasteiger partial charge is 0.205 e. The van der Waals surface area contributed by atoms with Gasteiger partial charge in [0.15, 0.2) is 0 Å². The largest absolute Gasteiger partial charge is 0.508 e. The molecular weight excluding hydrogens is 308 g/mol. The van der Waals surface area contributed by atoms with Crippen molar-refractivity contribution in [2.45, 2.75) is 32.7 Å². The standard InChI is InChI=1S/C17H24N4OS/c1-17(2,3)15-18-16(23-19-15)21-9-7-20(8-10-21)12-13-5-4-6-14(22)11-13/h4-6,11,22H,7-10,12H2,1-3H3. The fraction of sp³-hybridized carbons (Fsp3) is 0.529. The monoisotopic (exact) mass is 332 g/mol. The van der Waals surface area contributed by atoms with Crippen LogP contribution in [0, 0.1) is 0 Å². The summed E-state index contributed by atoms with van der Waals surface area (Å²) in [5, 5.41) is 10.6. The van der Waals surface area contributed by atoms with Crippen LogP contribution in [0.4, 0.5) is 5.13 Å². The highest BCUT2D eigenvalue weighted by Gasteiger charge is 2.24. The first kappa shape index (κ1) is 16.2. The lowest BCUT2D eigenvalue weighted by atomic mass is 9.96. The molecule has 0 radical (unpaired) electrons. The summed E-state index contributed by atoms with van der Waals surface area (Å²) in [5.74, 6) is 1.27. The molecule has 124 valence electrons. The molecule has 0 aliphatic carbocycles. The summed E-state index contributed by atoms with van der Waals surface area (Å²) in [6.45, 7) is 11.3. The second-order valence-corrected chi connectivity index (χ2v) is 7.81. The van der Waals surface area contributed by atoms with E-state index in [2.05, 4.69) is 41.0 Å². The van der Waals surface area contributed by atoms with Crippen molar-refractivity contribution in [2.24, 2.45) is 0 Å². The minimum Gasteiger partial charge on any atom is -0.508 e. The fourth-order valence-corrected chi connectivity index (χ4v) is 3.57. The predicted octanol–water partition coefficient (Wildman–Crippen LogP) is 2.86. The van der Waals surface area contributed by atoms with E-state index in [9.17, 15) is 5.11 Å². The van der Waals surface area contributed by atoms with E-state index in [0.717, 1.165) is 49.2 Å². The van der Waals surface area contributed by atoms with Gasteiger partial charge in [0.05, 0.1) is 0 Å². The first-order valence-electron chi connectivity index (χ1n) is 8.01. The number of hydrogen-bond acceptors (Lipinski definition) is 6. The van der Waals surface area contributed by atoms with Gasteiger partial charge in [0.2, 0.25) is 5.13 Å². The molecule has 0 spiro atoms. The molecule has 0 atom stereocenters. The van der Waals surface area contributed by atoms with Crippen LogP contribution in [0.5, 0.6) is 5.75 Å². The summed E-state index contributed by atoms with van der Waals surface area (Å²) in [7, 11) is 0. The van der Waals surface area contributed by atoms with Gasteiger partial charge < -0.3 is 10.0 Å². The van der Waals surface area contributed by atoms with Crippen molar-refractivity contribution in [1.29, 1.82) is 0 Å². The normalized spacial score (nSPS) is 16.7. The van der Waals surface area contributed by atoms with Gasteiger partial charge in [0, 0.05) is 49.7 Å². The number of hydrogen-bond donors (Lipinski definition) is 1. The zero-order valence-electron chi connectivity index (χ0n) is 14.0. The molecule has 2 aromatic rings. The number of rotatable bonds is 3. The number of benzene rings is 1. The predicted molar refractivity (Wildman–Crippen MR) is 94.2 cm³/mol. The highest BCUT2D eigenvalue weighted by atomic mass is 32.1. The van der Waals surface area contributed by atoms with Gasteiger partial charge in [-0.25, -0.2) is 4.98 Å². The van der Waals surface area contributed by atoms with E-state index in [1.54, 1.807) is 6.07 Å². The molecule has 1 aromatic heterocycles. The van der Waals surface area contributed by atoms with Crippen molar-refractivity contribution < 1.29 is 5.11 Å². The first-order valence-corrected chi connectivity index (χ1v) is 8.78. The van der Waals surface area contributed by atoms with Gasteiger partial charge in [-0.3, -0.25) is 4.90 Å². The number of phenolic OH excluding ortho intramolecular Hbond substituents is 1. The maximum Gasteiger partial charge on any atom is 0.205 e. The van der Waals surface area contributed by atoms with Crippen molar-refractivity contribution in [3.63, 3.8) is 0 Å². The maximum absolute atomic E-state index is 9.56. The molecule has 1 aliphatic heterocycles. The third kappa shape index (κ3) is 4.00. The number of anilines is 1. The zero-order chi connectivity index (χ0) is 16.4. The van der Waals surface area contributed by atoms with E-state index >= 15 is 0 Å². The van der Waals surface area contributed by atoms with Crippen LogP contribution in [0.2, 0.25) is 0 Å². The summed E-state index contributed by atoms with van der Waals surface area (Å²) in [6, 6.07) is 7.51. The van der Waals surface area contributed by atoms with Gasteiger partial charge >= 0.3 is 0 Å². The Balaban J connectivity index is 1.57. The molecule has 1 fully saturated rings. The van der Waals surface area contributed by atoms with Crippen LogP contribution in [0.3, 0.4) is 0 Å². The molecule has 0 saturated carbocycles. The Morgan fingerprint density at radius 3 is 2.52 bits per heavy atom. The molecule has 6 heteroatoms. The van der Waals surface area contributed by atoms with Gasteiger partial charge in [-0.1, -0.05) is 32.9 Å². The Kier molecular flexibility index (Phi) is 4.55. The van der Waals surface area contributed by atoms with Gasteiger partial charge in [-0.2, -0.15) is 4.37 Å². The molecular formula is C17H24N4OS. The molecule has 23 heavy (non-hydrogen) atoms. The molecule has 2 heterocycles. The summed E-state index contributed by atoms with van der Waals surface area (Å²) in [5.41, 5.74) is 1.16. The number of phenols is 1. The SMILES string of the molecule is CC(C)(C)c1nsc(N2CCN(Cc3cccc(O)c3)CC2)n1. The molecule has 0 unspecified atom stereocenters. The van der Waals surface area contributed by atoms with Crippen molar-refractivity contribution >= 4 is 16.7 Å². The van der Waals surface area contributed by atoms with Crippen LogP contribution in [0.1, 0.15) is 32.2 Å². The Morgan fingerprint density at radius 2 is 1.91 bits per heavy atom. The van der Waals surface area contributed by atoms with Crippen molar-refractivity contribution in [3.8, 4) is 5.75 Å². The third-order valence-electron chi connectivity index (χ3n) is 4.05. The highest BCUT2D eigenvalue weighted by molar-refractivity contribution is 7.09. The van der Waals surface area contributed by atoms with Gasteiger partial charge in [-0.15, -0.1) is 0 Å². The van der Waals surface area contributed by atoms with E-state index in [4.69, 9.17) is 4.98 Å². The first-order chi connectivity index (χ1) is 10.9. The minimum absolute atomic E-state index is 0.00584. The van der Waals surface area contributed by atoms with E-state index < -0.39 is 0 Å². The maximum atomic E-state index is 9.56. The van der Waals surface area contributed by atoms with Crippen LogP contribution < -0.4 is 4.90 Å². The Bertz CT molecular complexity index is 657. The molecule has 1 N–H and O–H groups in total. The Morgan fingerprint density at radius 1 is 1.17 bits per heavy atom. The lowest BCUT2D eigenvalue weighted by Crippen LogP contribution is -2.46. The summed E-state index contributed by atoms with van der Waals surface area (Å²) in [4.78, 5) is 9.45. The summed E-state index contributed by atoms with van der Waals surface area (Å²) >= 11 is 1.50. The second-order valence-electron chi connectivity index (χ2n) is 7.08. The van der Waals surface area contributed by atoms with Crippen LogP contribution in [-0.2, 0) is 12.0 Å². The van der Waals surface area contributed by atoms with Gasteiger partial charge in [0.1, 0.15) is 11.6 Å². The number of aromatic hydroxyl groups is 1. The molecule has 1 aromatic carbocycles. The van der Waals surface area contributed by atoms with E-state index in [1.807, 2.05) is 12.1 Å². The topological polar surface area (TPSA) is 52.5 Å². The minimum atomic E-state index is 0.00584. The number of nitrogens with zero attached hydrogens (tertiary/aromatic N) is 4. The average Bonchev–Trinajstić information content (AvgIpc) is 2.98. The summed E-state index contributed by atoms with van der Waals surface area (Å²) < 4.78 is 4.51. The van der Waals surface area contributed by atoms with E-state index in [-0.39, 0.29) is 5.41 Å².